The van der Waals surface area contributed by atoms with Crippen LogP contribution in [0, 0.1) is 0 Å². The number of ether oxygens (including phenoxy) is 4. The molecule has 2 aliphatic rings. The van der Waals surface area contributed by atoms with Crippen molar-refractivity contribution < 1.29 is 64.6 Å². The molecule has 2 saturated heterocycles. The van der Waals surface area contributed by atoms with Crippen LogP contribution < -0.4 is 5.32 Å². The van der Waals surface area contributed by atoms with Crippen molar-refractivity contribution >= 4 is 5.91 Å². The third-order valence-corrected chi connectivity index (χ3v) is 20.3. The minimum absolute atomic E-state index is 0.245. The van der Waals surface area contributed by atoms with Crippen molar-refractivity contribution in [3.05, 3.63) is 36.5 Å². The van der Waals surface area contributed by atoms with E-state index in [1.807, 2.05) is 6.08 Å². The van der Waals surface area contributed by atoms with Gasteiger partial charge in [0.1, 0.15) is 48.8 Å². The molecule has 96 heavy (non-hydrogen) atoms. The van der Waals surface area contributed by atoms with Crippen LogP contribution in [0.25, 0.3) is 0 Å². The van der Waals surface area contributed by atoms with Crippen molar-refractivity contribution in [1.82, 2.24) is 5.32 Å². The molecule has 0 bridgehead atoms. The van der Waals surface area contributed by atoms with Crippen LogP contribution in [0.2, 0.25) is 0 Å². The second kappa shape index (κ2) is 66.4. The summed E-state index contributed by atoms with van der Waals surface area (Å²) in [5, 5.41) is 87.7. The second-order valence-electron chi connectivity index (χ2n) is 29.2. The fourth-order valence-corrected chi connectivity index (χ4v) is 13.8. The lowest BCUT2D eigenvalue weighted by Crippen LogP contribution is -2.65. The fourth-order valence-electron chi connectivity index (χ4n) is 13.8. The molecule has 0 spiro atoms. The fraction of sp³-hybridized carbons (Fsp3) is 0.915. The van der Waals surface area contributed by atoms with E-state index in [4.69, 9.17) is 18.9 Å². The van der Waals surface area contributed by atoms with E-state index >= 15 is 0 Å². The molecule has 14 heteroatoms. The minimum atomic E-state index is -1.79. The van der Waals surface area contributed by atoms with E-state index in [0.29, 0.717) is 12.8 Å². The van der Waals surface area contributed by atoms with Gasteiger partial charge in [-0.05, 0) is 44.9 Å². The summed E-state index contributed by atoms with van der Waals surface area (Å²) in [4.78, 5) is 13.4. The maximum atomic E-state index is 13.4. The lowest BCUT2D eigenvalue weighted by atomic mass is 9.97. The molecular formula is C82H155NO13. The molecular weight excluding hydrogens is 1210 g/mol. The van der Waals surface area contributed by atoms with Gasteiger partial charge < -0.3 is 65.1 Å². The first-order valence-electron chi connectivity index (χ1n) is 41.2. The van der Waals surface area contributed by atoms with Crippen molar-refractivity contribution in [3.8, 4) is 0 Å². The molecule has 0 aliphatic carbocycles. The molecule has 12 unspecified atom stereocenters. The Morgan fingerprint density at radius 1 is 0.365 bits per heavy atom. The molecule has 2 fully saturated rings. The zero-order valence-corrected chi connectivity index (χ0v) is 62.1. The van der Waals surface area contributed by atoms with E-state index < -0.39 is 86.8 Å². The van der Waals surface area contributed by atoms with Crippen LogP contribution >= 0.6 is 0 Å². The molecule has 0 aromatic carbocycles. The Labute approximate surface area is 589 Å². The van der Waals surface area contributed by atoms with Gasteiger partial charge in [-0.15, -0.1) is 0 Å². The largest absolute Gasteiger partial charge is 0.394 e. The van der Waals surface area contributed by atoms with Gasteiger partial charge in [0.05, 0.1) is 32.0 Å². The lowest BCUT2D eigenvalue weighted by molar-refractivity contribution is -0.359. The number of allylic oxidation sites excluding steroid dienone is 5. The molecule has 12 atom stereocenters. The summed E-state index contributed by atoms with van der Waals surface area (Å²) in [6.45, 7) is 2.85. The highest BCUT2D eigenvalue weighted by atomic mass is 16.7. The van der Waals surface area contributed by atoms with Crippen molar-refractivity contribution in [1.29, 1.82) is 0 Å². The van der Waals surface area contributed by atoms with Gasteiger partial charge in [0.2, 0.25) is 5.91 Å². The van der Waals surface area contributed by atoms with Gasteiger partial charge in [-0.25, -0.2) is 0 Å². The van der Waals surface area contributed by atoms with Crippen LogP contribution in [0.3, 0.4) is 0 Å². The Hall–Kier alpha value is -1.79. The quantitative estimate of drug-likeness (QED) is 0.0204. The topological polar surface area (TPSA) is 228 Å². The van der Waals surface area contributed by atoms with Gasteiger partial charge in [0, 0.05) is 6.42 Å². The number of nitrogens with one attached hydrogen (secondary N) is 1. The molecule has 9 N–H and O–H groups in total. The van der Waals surface area contributed by atoms with Crippen molar-refractivity contribution in [2.75, 3.05) is 19.8 Å². The summed E-state index contributed by atoms with van der Waals surface area (Å²) in [7, 11) is 0. The number of unbranched alkanes of at least 4 members (excludes halogenated alkanes) is 53. The zero-order chi connectivity index (χ0) is 69.4. The Bertz CT molecular complexity index is 1750. The molecule has 0 aromatic heterocycles. The number of hydrogen-bond acceptors (Lipinski definition) is 13. The van der Waals surface area contributed by atoms with Crippen LogP contribution in [-0.2, 0) is 23.7 Å². The molecule has 2 rings (SSSR count). The van der Waals surface area contributed by atoms with E-state index in [1.54, 1.807) is 6.08 Å². The standard InChI is InChI=1S/C82H155NO13/c1-3-5-7-9-11-13-15-17-19-21-23-25-27-29-31-33-34-35-36-38-40-42-44-46-48-50-52-54-56-58-60-62-64-66-74(87)83-70(69-93-81-79(92)77(90)80(73(68-85)95-81)96-82-78(91)76(89)75(88)72(67-84)94-82)71(86)65-63-61-59-57-55-53-51-49-47-45-43-41-39-37-32-30-28-26-24-22-20-18-16-14-12-10-8-6-4-2/h47,49,55,57,63,65,70-73,75-82,84-86,88-92H,3-46,48,50-54,56,58-62,64,66-69H2,1-2H3,(H,83,87)/b49-47+,57-55+,65-63+. The summed E-state index contributed by atoms with van der Waals surface area (Å²) in [6, 6.07) is -0.938. The lowest BCUT2D eigenvalue weighted by Gasteiger charge is -2.46. The average Bonchev–Trinajstić information content (AvgIpc) is 0.800. The number of aliphatic hydroxyl groups is 8. The summed E-state index contributed by atoms with van der Waals surface area (Å²) in [6.07, 6.45) is 71.1. The third-order valence-electron chi connectivity index (χ3n) is 20.3. The average molecular weight is 1360 g/mol. The van der Waals surface area contributed by atoms with Crippen LogP contribution in [-0.4, -0.2) is 140 Å². The SMILES string of the molecule is CCCCCCCCCCCCCCCCCCCCC/C=C/CC/C=C/CC/C=C/C(O)C(COC1OC(CO)C(OC2OC(CO)C(O)C(O)C2O)C(O)C1O)NC(=O)CCCCCCCCCCCCCCCCCCCCCCCCCCCCCCCCCCC. The first-order valence-corrected chi connectivity index (χ1v) is 41.2. The molecule has 2 heterocycles. The predicted molar refractivity (Wildman–Crippen MR) is 397 cm³/mol. The number of hydrogen-bond donors (Lipinski definition) is 9. The smallest absolute Gasteiger partial charge is 0.220 e. The monoisotopic (exact) mass is 1360 g/mol. The second-order valence-corrected chi connectivity index (χ2v) is 29.2. The highest BCUT2D eigenvalue weighted by Crippen LogP contribution is 2.30. The van der Waals surface area contributed by atoms with Gasteiger partial charge in [-0.3, -0.25) is 4.79 Å². The summed E-state index contributed by atoms with van der Waals surface area (Å²) >= 11 is 0. The molecule has 14 nitrogen and oxygen atoms in total. The first kappa shape index (κ1) is 90.3. The van der Waals surface area contributed by atoms with Crippen molar-refractivity contribution in [2.45, 2.75) is 460 Å². The van der Waals surface area contributed by atoms with E-state index in [1.165, 1.54) is 308 Å². The Kier molecular flexibility index (Phi) is 62.5. The maximum Gasteiger partial charge on any atom is 0.220 e. The number of carbonyl (C=O) groups excluding carboxylic acids is 1. The highest BCUT2D eigenvalue weighted by Gasteiger charge is 2.51. The van der Waals surface area contributed by atoms with E-state index in [9.17, 15) is 45.6 Å². The third kappa shape index (κ3) is 48.9. The van der Waals surface area contributed by atoms with E-state index in [-0.39, 0.29) is 18.9 Å². The molecule has 1 amide bonds. The van der Waals surface area contributed by atoms with E-state index in [0.717, 1.165) is 44.9 Å². The molecule has 566 valence electrons. The Morgan fingerprint density at radius 2 is 0.667 bits per heavy atom. The van der Waals surface area contributed by atoms with Gasteiger partial charge in [0.25, 0.3) is 0 Å². The Balaban J connectivity index is 1.62. The highest BCUT2D eigenvalue weighted by molar-refractivity contribution is 5.76. The van der Waals surface area contributed by atoms with Crippen molar-refractivity contribution in [2.24, 2.45) is 0 Å². The summed E-state index contributed by atoms with van der Waals surface area (Å²) < 4.78 is 22.9. The number of carbonyl (C=O) groups is 1. The summed E-state index contributed by atoms with van der Waals surface area (Å²) in [5.74, 6) is -0.245. The van der Waals surface area contributed by atoms with Crippen molar-refractivity contribution in [3.63, 3.8) is 0 Å². The predicted octanol–water partition coefficient (Wildman–Crippen LogP) is 18.8. The first-order chi connectivity index (χ1) is 47.1. The molecule has 0 saturated carbocycles. The number of rotatable bonds is 70. The molecule has 2 aliphatic heterocycles. The van der Waals surface area contributed by atoms with Crippen LogP contribution in [0.15, 0.2) is 36.5 Å². The van der Waals surface area contributed by atoms with E-state index in [2.05, 4.69) is 43.5 Å². The zero-order valence-electron chi connectivity index (χ0n) is 62.1. The maximum absolute atomic E-state index is 13.4. The minimum Gasteiger partial charge on any atom is -0.394 e. The van der Waals surface area contributed by atoms with Gasteiger partial charge >= 0.3 is 0 Å². The van der Waals surface area contributed by atoms with Crippen LogP contribution in [0.1, 0.15) is 386 Å². The summed E-state index contributed by atoms with van der Waals surface area (Å²) in [5.41, 5.74) is 0. The normalized spacial score (nSPS) is 22.4. The Morgan fingerprint density at radius 3 is 1.02 bits per heavy atom. The molecule has 0 aromatic rings. The molecule has 0 radical (unpaired) electrons. The van der Waals surface area contributed by atoms with Gasteiger partial charge in [-0.1, -0.05) is 371 Å². The number of amides is 1. The van der Waals surface area contributed by atoms with Crippen LogP contribution in [0.4, 0.5) is 0 Å². The number of aliphatic hydroxyl groups excluding tert-OH is 8. The van der Waals surface area contributed by atoms with Gasteiger partial charge in [-0.2, -0.15) is 0 Å². The van der Waals surface area contributed by atoms with Crippen LogP contribution in [0.5, 0.6) is 0 Å². The van der Waals surface area contributed by atoms with Gasteiger partial charge in [0.15, 0.2) is 12.6 Å².